The quantitative estimate of drug-likeness (QED) is 0.251. The lowest BCUT2D eigenvalue weighted by molar-refractivity contribution is -0.143. The fraction of sp³-hybridized carbons (Fsp3) is 0.448. The summed E-state index contributed by atoms with van der Waals surface area (Å²) in [7, 11) is 3.93. The van der Waals surface area contributed by atoms with Crippen LogP contribution in [0.25, 0.3) is 0 Å². The number of methoxy groups -OCH3 is 3. The highest BCUT2D eigenvalue weighted by atomic mass is 19.4. The van der Waals surface area contributed by atoms with E-state index in [9.17, 15) is 31.1 Å². The number of amides is 1. The van der Waals surface area contributed by atoms with Gasteiger partial charge in [0.1, 0.15) is 0 Å². The van der Waals surface area contributed by atoms with Gasteiger partial charge in [0, 0.05) is 18.5 Å². The van der Waals surface area contributed by atoms with E-state index in [1.807, 2.05) is 6.92 Å². The summed E-state index contributed by atoms with van der Waals surface area (Å²) in [6.45, 7) is 3.78. The van der Waals surface area contributed by atoms with Crippen molar-refractivity contribution in [1.82, 2.24) is 15.0 Å². The molecule has 244 valence electrons. The monoisotopic (exact) mass is 643 g/mol. The molecule has 0 fully saturated rings. The molecule has 0 unspecified atom stereocenters. The molecular formula is C29H31F6N5O5. The smallest absolute Gasteiger partial charge is 0.416 e. The molecule has 3 aromatic rings. The molecule has 45 heavy (non-hydrogen) atoms. The van der Waals surface area contributed by atoms with Crippen molar-refractivity contribution >= 4 is 17.7 Å². The van der Waals surface area contributed by atoms with E-state index in [0.717, 1.165) is 0 Å². The number of hydrogen-bond donors (Lipinski definition) is 1. The molecular weight excluding hydrogens is 612 g/mol. The number of hydrogen-bond acceptors (Lipinski definition) is 9. The number of nitrogens with one attached hydrogen (secondary N) is 1. The third-order valence-electron chi connectivity index (χ3n) is 7.13. The number of aromatic nitrogens is 3. The molecule has 1 amide bonds. The van der Waals surface area contributed by atoms with Crippen LogP contribution in [0.15, 0.2) is 30.3 Å². The Morgan fingerprint density at radius 2 is 1.51 bits per heavy atom. The van der Waals surface area contributed by atoms with E-state index in [1.165, 1.54) is 26.2 Å². The fourth-order valence-electron chi connectivity index (χ4n) is 5.10. The molecule has 0 aliphatic carbocycles. The molecule has 10 nitrogen and oxygen atoms in total. The third-order valence-corrected chi connectivity index (χ3v) is 7.13. The van der Waals surface area contributed by atoms with Gasteiger partial charge < -0.3 is 24.3 Å². The number of pyridine rings is 1. The molecule has 2 aromatic heterocycles. The average Bonchev–Trinajstić information content (AvgIpc) is 3.00. The third kappa shape index (κ3) is 7.26. The van der Waals surface area contributed by atoms with Crippen LogP contribution in [0, 0.1) is 0 Å². The van der Waals surface area contributed by atoms with Gasteiger partial charge in [-0.3, -0.25) is 4.90 Å². The maximum atomic E-state index is 13.5. The van der Waals surface area contributed by atoms with Crippen LogP contribution in [0.1, 0.15) is 60.7 Å². The van der Waals surface area contributed by atoms with Crippen LogP contribution < -0.4 is 24.4 Å². The number of benzene rings is 1. The Hall–Kier alpha value is -4.50. The first-order valence-corrected chi connectivity index (χ1v) is 13.8. The van der Waals surface area contributed by atoms with E-state index in [0.29, 0.717) is 36.4 Å². The first kappa shape index (κ1) is 33.4. The van der Waals surface area contributed by atoms with Gasteiger partial charge in [-0.15, -0.1) is 0 Å². The van der Waals surface area contributed by atoms with E-state index in [4.69, 9.17) is 18.9 Å². The first-order valence-electron chi connectivity index (χ1n) is 13.8. The van der Waals surface area contributed by atoms with Crippen LogP contribution in [0.2, 0.25) is 0 Å². The van der Waals surface area contributed by atoms with Gasteiger partial charge in [0.05, 0.1) is 62.0 Å². The molecule has 1 aliphatic heterocycles. The standard InChI is InChI=1S/C29H31F6N5O5/c1-6-18-14-20(23-21(8-9-22(37-23)42-3)40(18)27(41)45-7-2)36-26-38-24(43-4)19(25(39-26)44-5)12-15-10-16(28(30,31)32)13-17(11-15)29(33,34)35/h8-11,13,18,20H,6-7,12,14H2,1-5H3,(H,36,38,39)/t18-,20+/m1/s1. The molecule has 0 saturated carbocycles. The number of halogens is 6. The molecule has 0 saturated heterocycles. The topological polar surface area (TPSA) is 108 Å². The Morgan fingerprint density at radius 1 is 0.911 bits per heavy atom. The number of ether oxygens (including phenoxy) is 4. The van der Waals surface area contributed by atoms with Gasteiger partial charge in [-0.25, -0.2) is 9.78 Å². The highest BCUT2D eigenvalue weighted by Gasteiger charge is 2.39. The second-order valence-corrected chi connectivity index (χ2v) is 9.96. The van der Waals surface area contributed by atoms with Crippen LogP contribution >= 0.6 is 0 Å². The molecule has 0 radical (unpaired) electrons. The summed E-state index contributed by atoms with van der Waals surface area (Å²) in [6.07, 6.45) is -10.1. The Morgan fingerprint density at radius 3 is 2.00 bits per heavy atom. The predicted octanol–water partition coefficient (Wildman–Crippen LogP) is 6.82. The Bertz CT molecular complexity index is 1480. The Kier molecular flexibility index (Phi) is 9.83. The molecule has 3 heterocycles. The number of carbonyl (C=O) groups is 1. The summed E-state index contributed by atoms with van der Waals surface area (Å²) >= 11 is 0. The zero-order valence-corrected chi connectivity index (χ0v) is 25.0. The van der Waals surface area contributed by atoms with Crippen molar-refractivity contribution in [1.29, 1.82) is 0 Å². The van der Waals surface area contributed by atoms with Gasteiger partial charge in [0.2, 0.25) is 23.6 Å². The number of rotatable bonds is 9. The normalized spacial score (nSPS) is 16.6. The Balaban J connectivity index is 1.75. The summed E-state index contributed by atoms with van der Waals surface area (Å²) in [5.74, 6) is -0.00665. The van der Waals surface area contributed by atoms with Crippen molar-refractivity contribution in [2.24, 2.45) is 0 Å². The maximum Gasteiger partial charge on any atom is 0.416 e. The zero-order chi connectivity index (χ0) is 33.1. The zero-order valence-electron chi connectivity index (χ0n) is 25.0. The van der Waals surface area contributed by atoms with Crippen molar-refractivity contribution in [3.63, 3.8) is 0 Å². The van der Waals surface area contributed by atoms with Crippen LogP contribution in [-0.2, 0) is 23.5 Å². The minimum Gasteiger partial charge on any atom is -0.481 e. The molecule has 0 spiro atoms. The lowest BCUT2D eigenvalue weighted by Gasteiger charge is -2.39. The van der Waals surface area contributed by atoms with Crippen LogP contribution in [-0.4, -0.2) is 55.0 Å². The molecule has 0 bridgehead atoms. The average molecular weight is 644 g/mol. The van der Waals surface area contributed by atoms with Gasteiger partial charge in [0.15, 0.2) is 0 Å². The van der Waals surface area contributed by atoms with Crippen molar-refractivity contribution in [2.75, 3.05) is 38.2 Å². The number of nitrogens with zero attached hydrogens (tertiary/aromatic N) is 4. The summed E-state index contributed by atoms with van der Waals surface area (Å²) in [5, 5.41) is 3.17. The van der Waals surface area contributed by atoms with E-state index in [-0.39, 0.29) is 53.4 Å². The number of fused-ring (bicyclic) bond motifs is 1. The summed E-state index contributed by atoms with van der Waals surface area (Å²) < 4.78 is 102. The van der Waals surface area contributed by atoms with Crippen molar-refractivity contribution < 1.29 is 50.1 Å². The number of carbonyl (C=O) groups excluding carboxylic acids is 1. The lowest BCUT2D eigenvalue weighted by atomic mass is 9.93. The van der Waals surface area contributed by atoms with Gasteiger partial charge >= 0.3 is 18.4 Å². The van der Waals surface area contributed by atoms with Gasteiger partial charge in [-0.05, 0) is 49.6 Å². The van der Waals surface area contributed by atoms with Crippen LogP contribution in [0.3, 0.4) is 0 Å². The number of anilines is 2. The minimum absolute atomic E-state index is 0.0209. The van der Waals surface area contributed by atoms with Gasteiger partial charge in [-0.1, -0.05) is 6.92 Å². The van der Waals surface area contributed by atoms with E-state index in [1.54, 1.807) is 19.1 Å². The summed E-state index contributed by atoms with van der Waals surface area (Å²) in [5.41, 5.74) is -2.27. The summed E-state index contributed by atoms with van der Waals surface area (Å²) in [6, 6.07) is 3.72. The van der Waals surface area contributed by atoms with Crippen molar-refractivity contribution in [3.05, 3.63) is 58.3 Å². The molecule has 4 rings (SSSR count). The molecule has 2 atom stereocenters. The van der Waals surface area contributed by atoms with Crippen molar-refractivity contribution in [3.8, 4) is 17.6 Å². The van der Waals surface area contributed by atoms with Crippen molar-refractivity contribution in [2.45, 2.75) is 57.5 Å². The first-order chi connectivity index (χ1) is 21.2. The highest BCUT2D eigenvalue weighted by molar-refractivity contribution is 5.90. The summed E-state index contributed by atoms with van der Waals surface area (Å²) in [4.78, 5) is 27.7. The fourth-order valence-corrected chi connectivity index (χ4v) is 5.10. The number of alkyl halides is 6. The molecule has 1 aromatic carbocycles. The molecule has 1 N–H and O–H groups in total. The van der Waals surface area contributed by atoms with E-state index >= 15 is 0 Å². The van der Waals surface area contributed by atoms with Gasteiger partial charge in [0.25, 0.3) is 0 Å². The largest absolute Gasteiger partial charge is 0.481 e. The predicted molar refractivity (Wildman–Crippen MR) is 150 cm³/mol. The molecule has 16 heteroatoms. The maximum absolute atomic E-state index is 13.5. The van der Waals surface area contributed by atoms with Crippen LogP contribution in [0.4, 0.5) is 42.8 Å². The molecule has 1 aliphatic rings. The lowest BCUT2D eigenvalue weighted by Crippen LogP contribution is -2.46. The van der Waals surface area contributed by atoms with E-state index in [2.05, 4.69) is 20.3 Å². The van der Waals surface area contributed by atoms with Gasteiger partial charge in [-0.2, -0.15) is 36.3 Å². The van der Waals surface area contributed by atoms with Crippen LogP contribution in [0.5, 0.6) is 17.6 Å². The second kappa shape index (κ2) is 13.2. The SMILES string of the molecule is CCOC(=O)N1c2ccc(OC)nc2[C@@H](Nc2nc(OC)c(Cc3cc(C(F)(F)F)cc(C(F)(F)F)c3)c(OC)n2)C[C@H]1CC. The Labute approximate surface area is 254 Å². The van der Waals surface area contributed by atoms with E-state index < -0.39 is 42.0 Å². The second-order valence-electron chi connectivity index (χ2n) is 9.96. The minimum atomic E-state index is -5.01. The highest BCUT2D eigenvalue weighted by Crippen LogP contribution is 2.41.